The zero-order valence-corrected chi connectivity index (χ0v) is 10.2. The first-order valence-electron chi connectivity index (χ1n) is 6.33. The van der Waals surface area contributed by atoms with E-state index in [1.807, 2.05) is 0 Å². The highest BCUT2D eigenvalue weighted by Crippen LogP contribution is 2.27. The Bertz CT molecular complexity index is 316. The highest BCUT2D eigenvalue weighted by atomic mass is 16.5. The van der Waals surface area contributed by atoms with Gasteiger partial charge >= 0.3 is 0 Å². The molecule has 0 aromatic heterocycles. The van der Waals surface area contributed by atoms with Crippen LogP contribution in [0.4, 0.5) is 0 Å². The molecular formula is C14H21NO. The number of rotatable bonds is 6. The molecule has 1 N–H and O–H groups in total. The summed E-state index contributed by atoms with van der Waals surface area (Å²) in [4.78, 5) is 0. The van der Waals surface area contributed by atoms with Crippen molar-refractivity contribution in [2.75, 3.05) is 6.54 Å². The molecule has 0 amide bonds. The van der Waals surface area contributed by atoms with E-state index in [0.717, 1.165) is 18.7 Å². The van der Waals surface area contributed by atoms with Gasteiger partial charge in [-0.2, -0.15) is 0 Å². The van der Waals surface area contributed by atoms with Gasteiger partial charge in [-0.05, 0) is 43.5 Å². The Kier molecular flexibility index (Phi) is 3.83. The maximum Gasteiger partial charge on any atom is 0.119 e. The van der Waals surface area contributed by atoms with E-state index < -0.39 is 0 Å². The normalized spacial score (nSPS) is 17.1. The Morgan fingerprint density at radius 3 is 2.44 bits per heavy atom. The van der Waals surface area contributed by atoms with Gasteiger partial charge in [0.15, 0.2) is 0 Å². The molecule has 0 heterocycles. The van der Waals surface area contributed by atoms with Gasteiger partial charge in [-0.3, -0.25) is 0 Å². The Balaban J connectivity index is 1.98. The standard InChI is InChI=1S/C14H21NO/c1-3-14(15-4-2)11-5-7-12(8-6-11)16-13-9-10-13/h5-8,13-15H,3-4,9-10H2,1-2H3. The van der Waals surface area contributed by atoms with E-state index in [9.17, 15) is 0 Å². The van der Waals surface area contributed by atoms with Gasteiger partial charge in [0, 0.05) is 6.04 Å². The first-order chi connectivity index (χ1) is 7.83. The van der Waals surface area contributed by atoms with Crippen molar-refractivity contribution in [1.82, 2.24) is 5.32 Å². The van der Waals surface area contributed by atoms with Gasteiger partial charge in [0.2, 0.25) is 0 Å². The minimum Gasteiger partial charge on any atom is -0.490 e. The SMILES string of the molecule is CCNC(CC)c1ccc(OC2CC2)cc1. The van der Waals surface area contributed by atoms with E-state index >= 15 is 0 Å². The van der Waals surface area contributed by atoms with E-state index in [1.54, 1.807) is 0 Å². The predicted octanol–water partition coefficient (Wildman–Crippen LogP) is 3.29. The fourth-order valence-corrected chi connectivity index (χ4v) is 1.90. The molecule has 1 unspecified atom stereocenters. The van der Waals surface area contributed by atoms with Crippen LogP contribution in [0.15, 0.2) is 24.3 Å². The molecule has 2 nitrogen and oxygen atoms in total. The van der Waals surface area contributed by atoms with Crippen molar-refractivity contribution in [2.45, 2.75) is 45.3 Å². The minimum atomic E-state index is 0.472. The van der Waals surface area contributed by atoms with Gasteiger partial charge in [-0.25, -0.2) is 0 Å². The summed E-state index contributed by atoms with van der Waals surface area (Å²) in [5, 5.41) is 3.48. The molecule has 1 aliphatic carbocycles. The number of hydrogen-bond acceptors (Lipinski definition) is 2. The van der Waals surface area contributed by atoms with Crippen molar-refractivity contribution in [3.8, 4) is 5.75 Å². The highest BCUT2D eigenvalue weighted by Gasteiger charge is 2.23. The molecule has 0 spiro atoms. The van der Waals surface area contributed by atoms with Gasteiger partial charge in [0.1, 0.15) is 5.75 Å². The number of nitrogens with one attached hydrogen (secondary N) is 1. The summed E-state index contributed by atoms with van der Waals surface area (Å²) in [6, 6.07) is 9.00. The molecule has 2 heteroatoms. The summed E-state index contributed by atoms with van der Waals surface area (Å²) < 4.78 is 5.73. The molecule has 88 valence electrons. The third-order valence-corrected chi connectivity index (χ3v) is 2.97. The van der Waals surface area contributed by atoms with Crippen LogP contribution < -0.4 is 10.1 Å². The van der Waals surface area contributed by atoms with E-state index in [4.69, 9.17) is 4.74 Å². The average molecular weight is 219 g/mol. The Labute approximate surface area is 98.0 Å². The lowest BCUT2D eigenvalue weighted by atomic mass is 10.0. The lowest BCUT2D eigenvalue weighted by Gasteiger charge is -2.16. The molecule has 0 bridgehead atoms. The summed E-state index contributed by atoms with van der Waals surface area (Å²) in [6.45, 7) is 5.37. The molecule has 16 heavy (non-hydrogen) atoms. The molecule has 0 radical (unpaired) electrons. The smallest absolute Gasteiger partial charge is 0.119 e. The van der Waals surface area contributed by atoms with E-state index in [1.165, 1.54) is 18.4 Å². The fraction of sp³-hybridized carbons (Fsp3) is 0.571. The van der Waals surface area contributed by atoms with Crippen LogP contribution in [0.1, 0.15) is 44.7 Å². The Morgan fingerprint density at radius 1 is 1.25 bits per heavy atom. The van der Waals surface area contributed by atoms with Crippen LogP contribution in [0.25, 0.3) is 0 Å². The lowest BCUT2D eigenvalue weighted by molar-refractivity contribution is 0.303. The van der Waals surface area contributed by atoms with Crippen molar-refractivity contribution < 1.29 is 4.74 Å². The Morgan fingerprint density at radius 2 is 1.94 bits per heavy atom. The van der Waals surface area contributed by atoms with Gasteiger partial charge in [-0.1, -0.05) is 26.0 Å². The van der Waals surface area contributed by atoms with Gasteiger partial charge in [-0.15, -0.1) is 0 Å². The minimum absolute atomic E-state index is 0.472. The fourth-order valence-electron chi connectivity index (χ4n) is 1.90. The summed E-state index contributed by atoms with van der Waals surface area (Å²) in [6.07, 6.45) is 4.05. The molecule has 1 aromatic carbocycles. The summed E-state index contributed by atoms with van der Waals surface area (Å²) in [7, 11) is 0. The predicted molar refractivity (Wildman–Crippen MR) is 66.8 cm³/mol. The molecule has 1 saturated carbocycles. The van der Waals surface area contributed by atoms with E-state index in [-0.39, 0.29) is 0 Å². The van der Waals surface area contributed by atoms with Crippen LogP contribution in [0.2, 0.25) is 0 Å². The number of benzene rings is 1. The topological polar surface area (TPSA) is 21.3 Å². The van der Waals surface area contributed by atoms with Crippen LogP contribution in [0.5, 0.6) is 5.75 Å². The third kappa shape index (κ3) is 2.99. The van der Waals surface area contributed by atoms with Gasteiger partial charge in [0.05, 0.1) is 6.10 Å². The first kappa shape index (κ1) is 11.5. The van der Waals surface area contributed by atoms with E-state index in [2.05, 4.69) is 43.4 Å². The second-order valence-electron chi connectivity index (χ2n) is 4.40. The van der Waals surface area contributed by atoms with Crippen molar-refractivity contribution >= 4 is 0 Å². The molecular weight excluding hydrogens is 198 g/mol. The summed E-state index contributed by atoms with van der Waals surface area (Å²) >= 11 is 0. The molecule has 1 atom stereocenters. The highest BCUT2D eigenvalue weighted by molar-refractivity contribution is 5.29. The molecule has 0 aliphatic heterocycles. The van der Waals surface area contributed by atoms with Crippen LogP contribution in [0.3, 0.4) is 0 Å². The maximum atomic E-state index is 5.73. The third-order valence-electron chi connectivity index (χ3n) is 2.97. The number of ether oxygens (including phenoxy) is 1. The largest absolute Gasteiger partial charge is 0.490 e. The quantitative estimate of drug-likeness (QED) is 0.792. The van der Waals surface area contributed by atoms with Crippen molar-refractivity contribution in [3.05, 3.63) is 29.8 Å². The zero-order chi connectivity index (χ0) is 11.4. The van der Waals surface area contributed by atoms with Crippen molar-refractivity contribution in [2.24, 2.45) is 0 Å². The maximum absolute atomic E-state index is 5.73. The average Bonchev–Trinajstić information content (AvgIpc) is 3.11. The number of hydrogen-bond donors (Lipinski definition) is 1. The van der Waals surface area contributed by atoms with Crippen LogP contribution in [-0.2, 0) is 0 Å². The second-order valence-corrected chi connectivity index (χ2v) is 4.40. The molecule has 1 fully saturated rings. The van der Waals surface area contributed by atoms with Gasteiger partial charge in [0.25, 0.3) is 0 Å². The van der Waals surface area contributed by atoms with Crippen LogP contribution in [-0.4, -0.2) is 12.6 Å². The lowest BCUT2D eigenvalue weighted by Crippen LogP contribution is -2.19. The van der Waals surface area contributed by atoms with Gasteiger partial charge < -0.3 is 10.1 Å². The van der Waals surface area contributed by atoms with E-state index in [0.29, 0.717) is 12.1 Å². The molecule has 1 aromatic rings. The van der Waals surface area contributed by atoms with Crippen molar-refractivity contribution in [3.63, 3.8) is 0 Å². The molecule has 1 aliphatic rings. The first-order valence-corrected chi connectivity index (χ1v) is 6.33. The van der Waals surface area contributed by atoms with Crippen LogP contribution in [0, 0.1) is 0 Å². The summed E-state index contributed by atoms with van der Waals surface area (Å²) in [5.74, 6) is 1.01. The molecule has 0 saturated heterocycles. The Hall–Kier alpha value is -1.02. The summed E-state index contributed by atoms with van der Waals surface area (Å²) in [5.41, 5.74) is 1.35. The zero-order valence-electron chi connectivity index (χ0n) is 10.2. The monoisotopic (exact) mass is 219 g/mol. The molecule has 2 rings (SSSR count). The van der Waals surface area contributed by atoms with Crippen molar-refractivity contribution in [1.29, 1.82) is 0 Å². The second kappa shape index (κ2) is 5.35. The van der Waals surface area contributed by atoms with Crippen LogP contribution >= 0.6 is 0 Å².